The Balaban J connectivity index is 1.82. The minimum atomic E-state index is -0.461. The van der Waals surface area contributed by atoms with Crippen molar-refractivity contribution >= 4 is 17.6 Å². The summed E-state index contributed by atoms with van der Waals surface area (Å²) >= 11 is 0. The molecular weight excluding hydrogens is 398 g/mol. The number of hydrogen-bond donors (Lipinski definition) is 0. The van der Waals surface area contributed by atoms with Crippen LogP contribution in [0.25, 0.3) is 0 Å². The van der Waals surface area contributed by atoms with Crippen LogP contribution in [0.4, 0.5) is 5.69 Å². The van der Waals surface area contributed by atoms with Crippen molar-refractivity contribution in [3.8, 4) is 17.2 Å². The van der Waals surface area contributed by atoms with E-state index in [-0.39, 0.29) is 18.9 Å². The highest BCUT2D eigenvalue weighted by Gasteiger charge is 2.43. The van der Waals surface area contributed by atoms with Crippen molar-refractivity contribution in [1.29, 1.82) is 0 Å². The lowest BCUT2D eigenvalue weighted by molar-refractivity contribution is -0.136. The highest BCUT2D eigenvalue weighted by atomic mass is 16.5. The number of methoxy groups -OCH3 is 3. The van der Waals surface area contributed by atoms with Crippen LogP contribution in [0.15, 0.2) is 47.7 Å². The SMILES string of the molecule is CCc1ccc(N2C(=O)C[C@@H](c3cc(OC)c(OC)c(OC)c3)C3=C2COC3=O)cc1. The first-order valence-corrected chi connectivity index (χ1v) is 10.1. The molecule has 2 aliphatic heterocycles. The fourth-order valence-corrected chi connectivity index (χ4v) is 4.22. The van der Waals surface area contributed by atoms with E-state index in [4.69, 9.17) is 18.9 Å². The second kappa shape index (κ2) is 8.34. The molecule has 1 atom stereocenters. The van der Waals surface area contributed by atoms with Crippen molar-refractivity contribution in [3.05, 3.63) is 58.8 Å². The average Bonchev–Trinajstić information content (AvgIpc) is 3.18. The fraction of sp³-hybridized carbons (Fsp3) is 0.333. The summed E-state index contributed by atoms with van der Waals surface area (Å²) in [5.41, 5.74) is 3.72. The van der Waals surface area contributed by atoms with Crippen LogP contribution in [0.2, 0.25) is 0 Å². The van der Waals surface area contributed by atoms with Crippen LogP contribution in [0.1, 0.15) is 30.4 Å². The Kier molecular flexibility index (Phi) is 5.59. The summed E-state index contributed by atoms with van der Waals surface area (Å²) in [7, 11) is 4.59. The van der Waals surface area contributed by atoms with Crippen molar-refractivity contribution in [1.82, 2.24) is 0 Å². The van der Waals surface area contributed by atoms with Crippen LogP contribution in [-0.4, -0.2) is 39.8 Å². The molecule has 2 heterocycles. The number of cyclic esters (lactones) is 1. The zero-order valence-electron chi connectivity index (χ0n) is 18.1. The second-order valence-electron chi connectivity index (χ2n) is 7.40. The quantitative estimate of drug-likeness (QED) is 0.661. The summed E-state index contributed by atoms with van der Waals surface area (Å²) in [4.78, 5) is 27.6. The number of rotatable bonds is 6. The van der Waals surface area contributed by atoms with Crippen molar-refractivity contribution in [2.75, 3.05) is 32.8 Å². The molecule has 2 aliphatic rings. The summed E-state index contributed by atoms with van der Waals surface area (Å²) in [6.45, 7) is 2.14. The summed E-state index contributed by atoms with van der Waals surface area (Å²) < 4.78 is 21.7. The van der Waals surface area contributed by atoms with Crippen molar-refractivity contribution in [2.45, 2.75) is 25.7 Å². The molecule has 0 spiro atoms. The number of aryl methyl sites for hydroxylation is 1. The first-order chi connectivity index (χ1) is 15.0. The maximum absolute atomic E-state index is 13.3. The van der Waals surface area contributed by atoms with Crippen LogP contribution in [-0.2, 0) is 20.7 Å². The molecular formula is C24H25NO6. The van der Waals surface area contributed by atoms with Crippen molar-refractivity contribution < 1.29 is 28.5 Å². The molecule has 31 heavy (non-hydrogen) atoms. The average molecular weight is 423 g/mol. The maximum Gasteiger partial charge on any atom is 0.336 e. The zero-order valence-corrected chi connectivity index (χ0v) is 18.1. The molecule has 4 rings (SSSR count). The Labute approximate surface area is 181 Å². The van der Waals surface area contributed by atoms with Gasteiger partial charge in [-0.05, 0) is 41.8 Å². The van der Waals surface area contributed by atoms with E-state index in [0.29, 0.717) is 28.5 Å². The second-order valence-corrected chi connectivity index (χ2v) is 7.40. The Morgan fingerprint density at radius 3 is 2.19 bits per heavy atom. The van der Waals surface area contributed by atoms with Gasteiger partial charge in [-0.15, -0.1) is 0 Å². The number of carbonyl (C=O) groups is 2. The molecule has 1 amide bonds. The molecule has 0 radical (unpaired) electrons. The number of esters is 1. The number of hydrogen-bond acceptors (Lipinski definition) is 6. The molecule has 2 aromatic carbocycles. The minimum Gasteiger partial charge on any atom is -0.493 e. The van der Waals surface area contributed by atoms with Crippen LogP contribution in [0.3, 0.4) is 0 Å². The number of benzene rings is 2. The van der Waals surface area contributed by atoms with Gasteiger partial charge in [-0.3, -0.25) is 9.69 Å². The Bertz CT molecular complexity index is 1030. The smallest absolute Gasteiger partial charge is 0.336 e. The van der Waals surface area contributed by atoms with Gasteiger partial charge in [0.1, 0.15) is 6.61 Å². The minimum absolute atomic E-state index is 0.0658. The largest absolute Gasteiger partial charge is 0.493 e. The molecule has 7 heteroatoms. The Morgan fingerprint density at radius 1 is 1.00 bits per heavy atom. The molecule has 0 aromatic heterocycles. The van der Waals surface area contributed by atoms with E-state index in [1.165, 1.54) is 26.9 Å². The predicted molar refractivity (Wildman–Crippen MR) is 115 cm³/mol. The van der Waals surface area contributed by atoms with Crippen LogP contribution >= 0.6 is 0 Å². The zero-order chi connectivity index (χ0) is 22.1. The summed E-state index contributed by atoms with van der Waals surface area (Å²) in [6.07, 6.45) is 1.04. The van der Waals surface area contributed by atoms with Gasteiger partial charge >= 0.3 is 5.97 Å². The van der Waals surface area contributed by atoms with Crippen molar-refractivity contribution in [2.24, 2.45) is 0 Å². The lowest BCUT2D eigenvalue weighted by Gasteiger charge is -2.32. The van der Waals surface area contributed by atoms with Crippen LogP contribution < -0.4 is 19.1 Å². The van der Waals surface area contributed by atoms with E-state index in [1.807, 2.05) is 24.3 Å². The summed E-state index contributed by atoms with van der Waals surface area (Å²) in [6, 6.07) is 11.4. The monoisotopic (exact) mass is 423 g/mol. The highest BCUT2D eigenvalue weighted by molar-refractivity contribution is 6.06. The van der Waals surface area contributed by atoms with E-state index < -0.39 is 11.9 Å². The van der Waals surface area contributed by atoms with E-state index in [1.54, 1.807) is 17.0 Å². The molecule has 162 valence electrons. The molecule has 0 N–H and O–H groups in total. The highest BCUT2D eigenvalue weighted by Crippen LogP contribution is 2.46. The Morgan fingerprint density at radius 2 is 1.65 bits per heavy atom. The van der Waals surface area contributed by atoms with Crippen molar-refractivity contribution in [3.63, 3.8) is 0 Å². The molecule has 0 saturated carbocycles. The molecule has 0 bridgehead atoms. The van der Waals surface area contributed by atoms with Gasteiger partial charge in [0.25, 0.3) is 0 Å². The van der Waals surface area contributed by atoms with Gasteiger partial charge in [0.05, 0.1) is 32.6 Å². The third-order valence-electron chi connectivity index (χ3n) is 5.81. The fourth-order valence-electron chi connectivity index (χ4n) is 4.22. The van der Waals surface area contributed by atoms with Gasteiger partial charge in [-0.25, -0.2) is 4.79 Å². The number of anilines is 1. The molecule has 2 aromatic rings. The number of carbonyl (C=O) groups excluding carboxylic acids is 2. The van der Waals surface area contributed by atoms with Crippen LogP contribution in [0, 0.1) is 0 Å². The normalized spacial score (nSPS) is 18.1. The lowest BCUT2D eigenvalue weighted by Crippen LogP contribution is -2.37. The van der Waals surface area contributed by atoms with Gasteiger partial charge in [-0.1, -0.05) is 19.1 Å². The maximum atomic E-state index is 13.3. The van der Waals surface area contributed by atoms with Gasteiger partial charge < -0.3 is 18.9 Å². The molecule has 0 unspecified atom stereocenters. The predicted octanol–water partition coefficient (Wildman–Crippen LogP) is 3.61. The molecule has 7 nitrogen and oxygen atoms in total. The number of nitrogens with zero attached hydrogens (tertiary/aromatic N) is 1. The number of ether oxygens (including phenoxy) is 4. The third kappa shape index (κ3) is 3.50. The first-order valence-electron chi connectivity index (χ1n) is 10.1. The van der Waals surface area contributed by atoms with E-state index in [2.05, 4.69) is 6.92 Å². The van der Waals surface area contributed by atoms with E-state index >= 15 is 0 Å². The summed E-state index contributed by atoms with van der Waals surface area (Å²) in [5.74, 6) is 0.427. The van der Waals surface area contributed by atoms with Gasteiger partial charge in [0.15, 0.2) is 11.5 Å². The standard InChI is InChI=1S/C24H25NO6/c1-5-14-6-8-16(9-7-14)25-18-13-31-24(27)22(18)17(12-21(25)26)15-10-19(28-2)23(30-4)20(11-15)29-3/h6-11,17H,5,12-13H2,1-4H3/t17-/m0/s1. The number of amides is 1. The third-order valence-corrected chi connectivity index (χ3v) is 5.81. The van der Waals surface area contributed by atoms with Gasteiger partial charge in [-0.2, -0.15) is 0 Å². The first kappa shape index (κ1) is 20.8. The Hall–Kier alpha value is -3.48. The molecule has 0 fully saturated rings. The van der Waals surface area contributed by atoms with Gasteiger partial charge in [0.2, 0.25) is 11.7 Å². The molecule has 0 aliphatic carbocycles. The topological polar surface area (TPSA) is 74.3 Å². The van der Waals surface area contributed by atoms with E-state index in [0.717, 1.165) is 17.7 Å². The van der Waals surface area contributed by atoms with Crippen LogP contribution in [0.5, 0.6) is 17.2 Å². The lowest BCUT2D eigenvalue weighted by atomic mass is 9.83. The molecule has 0 saturated heterocycles. The van der Waals surface area contributed by atoms with E-state index in [9.17, 15) is 9.59 Å². The summed E-state index contributed by atoms with van der Waals surface area (Å²) in [5, 5.41) is 0. The van der Waals surface area contributed by atoms with Gasteiger partial charge in [0, 0.05) is 18.0 Å².